The van der Waals surface area contributed by atoms with Crippen molar-refractivity contribution < 1.29 is 23.9 Å². The van der Waals surface area contributed by atoms with E-state index in [4.69, 9.17) is 21.4 Å². The number of methoxy groups -OCH3 is 1. The summed E-state index contributed by atoms with van der Waals surface area (Å²) < 4.78 is 7.75. The summed E-state index contributed by atoms with van der Waals surface area (Å²) >= 11 is 6.44. The van der Waals surface area contributed by atoms with Crippen LogP contribution in [0.4, 0.5) is 16.2 Å². The lowest BCUT2D eigenvalue weighted by Crippen LogP contribution is -2.49. The van der Waals surface area contributed by atoms with Crippen LogP contribution in [0.5, 0.6) is 5.75 Å². The molecule has 13 nitrogen and oxygen atoms in total. The number of likely N-dealkylation sites (tertiary alicyclic amines) is 1. The number of fused-ring (bicyclic) bond motifs is 1. The average molecular weight is 809 g/mol. The highest BCUT2D eigenvalue weighted by atomic mass is 35.5. The molecule has 2 saturated carbocycles. The Morgan fingerprint density at radius 3 is 2.45 bits per heavy atom. The highest BCUT2D eigenvalue weighted by Gasteiger charge is 2.40. The Bertz CT molecular complexity index is 2200. The molecule has 8 rings (SSSR count). The van der Waals surface area contributed by atoms with Crippen LogP contribution < -0.4 is 20.3 Å². The Hall–Kier alpha value is -5.01. The topological polar surface area (TPSA) is 142 Å². The van der Waals surface area contributed by atoms with Crippen LogP contribution >= 0.6 is 11.6 Å². The molecular formula is C44H53ClN8O5. The number of rotatable bonds is 9. The fourth-order valence-electron chi connectivity index (χ4n) is 9.70. The molecule has 306 valence electrons. The average Bonchev–Trinajstić information content (AvgIpc) is 3.64. The van der Waals surface area contributed by atoms with Gasteiger partial charge in [0.05, 0.1) is 35.1 Å². The number of ether oxygens (including phenoxy) is 1. The molecule has 0 unspecified atom stereocenters. The zero-order valence-corrected chi connectivity index (χ0v) is 34.4. The lowest BCUT2D eigenvalue weighted by molar-refractivity contribution is -0.120. The van der Waals surface area contributed by atoms with Crippen LogP contribution in [0.1, 0.15) is 103 Å². The van der Waals surface area contributed by atoms with E-state index in [9.17, 15) is 19.2 Å². The number of aromatic nitrogens is 3. The molecule has 2 aromatic heterocycles. The van der Waals surface area contributed by atoms with E-state index in [1.54, 1.807) is 31.4 Å². The SMILES string of the molecule is COc1cc2nn([C@H]3CC[C@H](CN(C)C4CCC5(CC4)CCN(C(=O)c4ccc(Cl)c(N6CCC(=O)NC6=O)c4)CC5)CC3)cc2cc1NC(=O)c1cccc(C)n1. The van der Waals surface area contributed by atoms with Crippen LogP contribution in [0.2, 0.25) is 5.02 Å². The number of piperidine rings is 1. The number of aryl methyl sites for hydroxylation is 1. The number of hydrogen-bond donors (Lipinski definition) is 2. The number of pyridine rings is 1. The molecule has 2 aliphatic carbocycles. The third-order valence-corrected chi connectivity index (χ3v) is 13.6. The molecule has 4 fully saturated rings. The summed E-state index contributed by atoms with van der Waals surface area (Å²) in [5.74, 6) is 0.591. The molecule has 4 aliphatic rings. The number of nitrogens with one attached hydrogen (secondary N) is 2. The number of benzene rings is 2. The van der Waals surface area contributed by atoms with Gasteiger partial charge in [-0.15, -0.1) is 0 Å². The first kappa shape index (κ1) is 39.8. The number of amides is 5. The molecular weight excluding hydrogens is 756 g/mol. The number of nitrogens with zero attached hydrogens (tertiary/aromatic N) is 6. The van der Waals surface area contributed by atoms with Crippen molar-refractivity contribution in [3.63, 3.8) is 0 Å². The number of carbonyl (C=O) groups excluding carboxylic acids is 4. The molecule has 2 saturated heterocycles. The van der Waals surface area contributed by atoms with Crippen molar-refractivity contribution in [3.05, 3.63) is 76.7 Å². The maximum atomic E-state index is 13.6. The van der Waals surface area contributed by atoms with Gasteiger partial charge in [-0.1, -0.05) is 17.7 Å². The third kappa shape index (κ3) is 8.42. The summed E-state index contributed by atoms with van der Waals surface area (Å²) in [7, 11) is 3.91. The molecule has 58 heavy (non-hydrogen) atoms. The highest BCUT2D eigenvalue weighted by Crippen LogP contribution is 2.46. The largest absolute Gasteiger partial charge is 0.494 e. The van der Waals surface area contributed by atoms with E-state index in [-0.39, 0.29) is 36.1 Å². The second-order valence-electron chi connectivity index (χ2n) is 16.9. The number of urea groups is 1. The van der Waals surface area contributed by atoms with E-state index in [0.717, 1.165) is 61.9 Å². The predicted octanol–water partition coefficient (Wildman–Crippen LogP) is 7.63. The molecule has 4 heterocycles. The van der Waals surface area contributed by atoms with Crippen molar-refractivity contribution in [2.45, 2.75) is 89.6 Å². The Kier molecular flexibility index (Phi) is 11.5. The quantitative estimate of drug-likeness (QED) is 0.176. The maximum Gasteiger partial charge on any atom is 0.328 e. The number of hydrogen-bond acceptors (Lipinski definition) is 8. The summed E-state index contributed by atoms with van der Waals surface area (Å²) in [6.45, 7) is 4.65. The van der Waals surface area contributed by atoms with Crippen LogP contribution in [-0.4, -0.2) is 94.7 Å². The monoisotopic (exact) mass is 808 g/mol. The minimum Gasteiger partial charge on any atom is -0.494 e. The van der Waals surface area contributed by atoms with Gasteiger partial charge in [-0.05, 0) is 126 Å². The fraction of sp³-hybridized carbons (Fsp3) is 0.500. The molecule has 14 heteroatoms. The Labute approximate surface area is 344 Å². The first-order chi connectivity index (χ1) is 28.0. The summed E-state index contributed by atoms with van der Waals surface area (Å²) in [6, 6.07) is 14.7. The molecule has 1 spiro atoms. The van der Waals surface area contributed by atoms with Crippen molar-refractivity contribution in [2.75, 3.05) is 50.6 Å². The van der Waals surface area contributed by atoms with Gasteiger partial charge in [-0.3, -0.25) is 29.3 Å². The van der Waals surface area contributed by atoms with Gasteiger partial charge in [-0.2, -0.15) is 5.10 Å². The van der Waals surface area contributed by atoms with E-state index in [2.05, 4.69) is 38.4 Å². The van der Waals surface area contributed by atoms with E-state index < -0.39 is 6.03 Å². The third-order valence-electron chi connectivity index (χ3n) is 13.2. The molecule has 0 bridgehead atoms. The summed E-state index contributed by atoms with van der Waals surface area (Å²) in [5, 5.41) is 11.6. The molecule has 4 aromatic rings. The van der Waals surface area contributed by atoms with Gasteiger partial charge in [0.2, 0.25) is 5.91 Å². The Morgan fingerprint density at radius 2 is 1.74 bits per heavy atom. The minimum absolute atomic E-state index is 0.0443. The second kappa shape index (κ2) is 16.7. The van der Waals surface area contributed by atoms with Gasteiger partial charge in [-0.25, -0.2) is 9.78 Å². The lowest BCUT2D eigenvalue weighted by Gasteiger charge is -2.47. The molecule has 0 atom stereocenters. The van der Waals surface area contributed by atoms with Gasteiger partial charge >= 0.3 is 6.03 Å². The zero-order valence-electron chi connectivity index (χ0n) is 33.6. The van der Waals surface area contributed by atoms with Gasteiger partial charge in [0.25, 0.3) is 11.8 Å². The summed E-state index contributed by atoms with van der Waals surface area (Å²) in [4.78, 5) is 61.0. The van der Waals surface area contributed by atoms with Gasteiger partial charge in [0, 0.05) is 67.5 Å². The van der Waals surface area contributed by atoms with Crippen molar-refractivity contribution in [3.8, 4) is 5.75 Å². The van der Waals surface area contributed by atoms with E-state index in [1.807, 2.05) is 36.1 Å². The number of halogens is 1. The Morgan fingerprint density at radius 1 is 0.983 bits per heavy atom. The van der Waals surface area contributed by atoms with E-state index in [1.165, 1.54) is 43.4 Å². The van der Waals surface area contributed by atoms with Gasteiger partial charge in [0.15, 0.2) is 0 Å². The number of anilines is 2. The minimum atomic E-state index is -0.518. The van der Waals surface area contributed by atoms with Crippen molar-refractivity contribution in [1.82, 2.24) is 29.9 Å². The number of carbonyl (C=O) groups is 4. The van der Waals surface area contributed by atoms with Crippen LogP contribution in [0, 0.1) is 18.3 Å². The van der Waals surface area contributed by atoms with Crippen LogP contribution in [0.3, 0.4) is 0 Å². The van der Waals surface area contributed by atoms with Crippen molar-refractivity contribution >= 4 is 57.6 Å². The maximum absolute atomic E-state index is 13.6. The summed E-state index contributed by atoms with van der Waals surface area (Å²) in [6.07, 6.45) is 13.6. The van der Waals surface area contributed by atoms with Crippen LogP contribution in [-0.2, 0) is 4.79 Å². The van der Waals surface area contributed by atoms with Gasteiger partial charge in [0.1, 0.15) is 11.4 Å². The van der Waals surface area contributed by atoms with E-state index in [0.29, 0.717) is 51.4 Å². The molecule has 2 aromatic carbocycles. The molecule has 0 radical (unpaired) electrons. The smallest absolute Gasteiger partial charge is 0.328 e. The van der Waals surface area contributed by atoms with Crippen LogP contribution in [0.25, 0.3) is 10.9 Å². The van der Waals surface area contributed by atoms with Crippen molar-refractivity contribution in [1.29, 1.82) is 0 Å². The van der Waals surface area contributed by atoms with E-state index >= 15 is 0 Å². The predicted molar refractivity (Wildman–Crippen MR) is 224 cm³/mol. The van der Waals surface area contributed by atoms with Crippen molar-refractivity contribution in [2.24, 2.45) is 11.3 Å². The standard InChI is InChI=1S/C44H53ClN8O5/c1-28-5-4-6-35(46-28)41(55)47-37-23-31-27-53(49-36(31)25-39(37)58-3)33-10-7-29(8-11-33)26-50(2)32-13-16-44(17-14-32)18-21-51(22-19-44)42(56)30-9-12-34(45)38(24-30)52-20-15-40(54)48-43(52)57/h4-6,9,12,23-25,27,29,32-33H,7-8,10-11,13-22,26H2,1-3H3,(H,47,55)(H,48,54,57)/t29-,33-. The fourth-order valence-corrected chi connectivity index (χ4v) is 9.92. The van der Waals surface area contributed by atoms with Gasteiger partial charge < -0.3 is 19.9 Å². The first-order valence-electron chi connectivity index (χ1n) is 20.7. The summed E-state index contributed by atoms with van der Waals surface area (Å²) in [5.41, 5.74) is 3.83. The normalized spacial score (nSPS) is 21.4. The molecule has 5 amide bonds. The highest BCUT2D eigenvalue weighted by molar-refractivity contribution is 6.34. The zero-order chi connectivity index (χ0) is 40.6. The molecule has 2 aliphatic heterocycles. The second-order valence-corrected chi connectivity index (χ2v) is 17.3. The number of imide groups is 1. The Balaban J connectivity index is 0.799. The van der Waals surface area contributed by atoms with Crippen LogP contribution in [0.15, 0.2) is 54.7 Å². The lowest BCUT2D eigenvalue weighted by atomic mass is 9.66. The molecule has 2 N–H and O–H groups in total. The first-order valence-corrected chi connectivity index (χ1v) is 21.1.